The molecule has 0 atom stereocenters. The SMILES string of the molecule is COc1ccc(/C=N\NC(=O)c2ccccc2F)cc1O. The zero-order chi connectivity index (χ0) is 15.2. The first kappa shape index (κ1) is 14.5. The highest BCUT2D eigenvalue weighted by atomic mass is 19.1. The summed E-state index contributed by atoms with van der Waals surface area (Å²) >= 11 is 0. The number of phenolic OH excluding ortho intramolecular Hbond substituents is 1. The van der Waals surface area contributed by atoms with Crippen molar-refractivity contribution in [2.24, 2.45) is 5.10 Å². The second-order valence-corrected chi connectivity index (χ2v) is 4.11. The topological polar surface area (TPSA) is 70.9 Å². The number of benzene rings is 2. The highest BCUT2D eigenvalue weighted by Crippen LogP contribution is 2.25. The molecule has 2 aromatic carbocycles. The summed E-state index contributed by atoms with van der Waals surface area (Å²) in [5.41, 5.74) is 2.68. The molecule has 108 valence electrons. The maximum Gasteiger partial charge on any atom is 0.274 e. The van der Waals surface area contributed by atoms with Crippen molar-refractivity contribution >= 4 is 12.1 Å². The Morgan fingerprint density at radius 3 is 2.76 bits per heavy atom. The molecule has 0 aliphatic heterocycles. The number of nitrogens with zero attached hydrogens (tertiary/aromatic N) is 1. The Bertz CT molecular complexity index is 686. The lowest BCUT2D eigenvalue weighted by Crippen LogP contribution is -2.18. The van der Waals surface area contributed by atoms with E-state index in [-0.39, 0.29) is 11.3 Å². The van der Waals surface area contributed by atoms with Crippen molar-refractivity contribution in [3.05, 3.63) is 59.4 Å². The van der Waals surface area contributed by atoms with E-state index in [1.807, 2.05) is 0 Å². The molecule has 0 radical (unpaired) electrons. The van der Waals surface area contributed by atoms with Gasteiger partial charge < -0.3 is 9.84 Å². The Labute approximate surface area is 120 Å². The van der Waals surface area contributed by atoms with Gasteiger partial charge in [0, 0.05) is 0 Å². The molecule has 0 aromatic heterocycles. The Hall–Kier alpha value is -2.89. The summed E-state index contributed by atoms with van der Waals surface area (Å²) in [4.78, 5) is 11.7. The van der Waals surface area contributed by atoms with E-state index in [1.54, 1.807) is 18.2 Å². The molecule has 0 fully saturated rings. The molecule has 0 aliphatic rings. The summed E-state index contributed by atoms with van der Waals surface area (Å²) in [6.45, 7) is 0. The maximum atomic E-state index is 13.4. The third-order valence-electron chi connectivity index (χ3n) is 2.70. The van der Waals surface area contributed by atoms with E-state index in [1.165, 1.54) is 37.6 Å². The van der Waals surface area contributed by atoms with Gasteiger partial charge in [-0.15, -0.1) is 0 Å². The lowest BCUT2D eigenvalue weighted by atomic mass is 10.2. The van der Waals surface area contributed by atoms with Crippen LogP contribution in [0.2, 0.25) is 0 Å². The summed E-state index contributed by atoms with van der Waals surface area (Å²) in [6, 6.07) is 10.3. The van der Waals surface area contributed by atoms with Crippen LogP contribution in [-0.4, -0.2) is 24.3 Å². The van der Waals surface area contributed by atoms with Crippen molar-refractivity contribution in [3.8, 4) is 11.5 Å². The molecule has 2 N–H and O–H groups in total. The van der Waals surface area contributed by atoms with Gasteiger partial charge in [-0.05, 0) is 35.9 Å². The van der Waals surface area contributed by atoms with Crippen LogP contribution in [0.1, 0.15) is 15.9 Å². The molecule has 0 saturated heterocycles. The number of rotatable bonds is 4. The first-order chi connectivity index (χ1) is 10.1. The molecule has 0 spiro atoms. The molecule has 5 nitrogen and oxygen atoms in total. The Morgan fingerprint density at radius 2 is 2.10 bits per heavy atom. The number of hydrazone groups is 1. The Balaban J connectivity index is 2.04. The predicted octanol–water partition coefficient (Wildman–Crippen LogP) is 2.30. The molecule has 2 aromatic rings. The van der Waals surface area contributed by atoms with Gasteiger partial charge in [-0.25, -0.2) is 9.82 Å². The molecule has 0 heterocycles. The lowest BCUT2D eigenvalue weighted by molar-refractivity contribution is 0.0951. The van der Waals surface area contributed by atoms with Crippen molar-refractivity contribution in [1.29, 1.82) is 0 Å². The Kier molecular flexibility index (Phi) is 4.50. The van der Waals surface area contributed by atoms with Gasteiger partial charge in [-0.3, -0.25) is 4.79 Å². The van der Waals surface area contributed by atoms with Crippen LogP contribution in [0.3, 0.4) is 0 Å². The summed E-state index contributed by atoms with van der Waals surface area (Å²) < 4.78 is 18.3. The second-order valence-electron chi connectivity index (χ2n) is 4.11. The number of aromatic hydroxyl groups is 1. The normalized spacial score (nSPS) is 10.6. The van der Waals surface area contributed by atoms with E-state index in [9.17, 15) is 14.3 Å². The van der Waals surface area contributed by atoms with Gasteiger partial charge in [0.15, 0.2) is 11.5 Å². The van der Waals surface area contributed by atoms with E-state index < -0.39 is 11.7 Å². The summed E-state index contributed by atoms with van der Waals surface area (Å²) in [5, 5.41) is 13.3. The zero-order valence-corrected chi connectivity index (χ0v) is 11.2. The number of methoxy groups -OCH3 is 1. The number of carbonyl (C=O) groups excluding carboxylic acids is 1. The van der Waals surface area contributed by atoms with E-state index >= 15 is 0 Å². The van der Waals surface area contributed by atoms with Crippen LogP contribution in [0.15, 0.2) is 47.6 Å². The van der Waals surface area contributed by atoms with E-state index in [0.29, 0.717) is 11.3 Å². The maximum absolute atomic E-state index is 13.4. The highest BCUT2D eigenvalue weighted by Gasteiger charge is 2.09. The van der Waals surface area contributed by atoms with Gasteiger partial charge in [0.2, 0.25) is 0 Å². The van der Waals surface area contributed by atoms with Crippen LogP contribution in [0, 0.1) is 5.82 Å². The van der Waals surface area contributed by atoms with Crippen molar-refractivity contribution in [2.75, 3.05) is 7.11 Å². The first-order valence-corrected chi connectivity index (χ1v) is 6.06. The minimum absolute atomic E-state index is 0.0399. The number of halogens is 1. The molecule has 0 saturated carbocycles. The fraction of sp³-hybridized carbons (Fsp3) is 0.0667. The van der Waals surface area contributed by atoms with Crippen molar-refractivity contribution in [2.45, 2.75) is 0 Å². The number of amides is 1. The standard InChI is InChI=1S/C15H13FN2O3/c1-21-14-7-6-10(8-13(14)19)9-17-18-15(20)11-4-2-3-5-12(11)16/h2-9,19H,1H3,(H,18,20)/b17-9-. The number of carbonyl (C=O) groups is 1. The van der Waals surface area contributed by atoms with Crippen LogP contribution in [0.4, 0.5) is 4.39 Å². The van der Waals surface area contributed by atoms with Gasteiger partial charge >= 0.3 is 0 Å². The van der Waals surface area contributed by atoms with Crippen LogP contribution < -0.4 is 10.2 Å². The smallest absolute Gasteiger partial charge is 0.274 e. The minimum atomic E-state index is -0.651. The summed E-state index contributed by atoms with van der Waals surface area (Å²) in [5.74, 6) is -0.973. The fourth-order valence-corrected chi connectivity index (χ4v) is 1.66. The average Bonchev–Trinajstić information content (AvgIpc) is 2.48. The fourth-order valence-electron chi connectivity index (χ4n) is 1.66. The molecular formula is C15H13FN2O3. The van der Waals surface area contributed by atoms with Gasteiger partial charge in [0.25, 0.3) is 5.91 Å². The van der Waals surface area contributed by atoms with Crippen LogP contribution in [-0.2, 0) is 0 Å². The van der Waals surface area contributed by atoms with Gasteiger partial charge in [-0.1, -0.05) is 12.1 Å². The Morgan fingerprint density at radius 1 is 1.33 bits per heavy atom. The number of hydrogen-bond acceptors (Lipinski definition) is 4. The van der Waals surface area contributed by atoms with E-state index in [2.05, 4.69) is 10.5 Å². The third-order valence-corrected chi connectivity index (χ3v) is 2.70. The molecule has 6 heteroatoms. The minimum Gasteiger partial charge on any atom is -0.504 e. The molecule has 21 heavy (non-hydrogen) atoms. The molecule has 1 amide bonds. The van der Waals surface area contributed by atoms with Crippen molar-refractivity contribution in [3.63, 3.8) is 0 Å². The monoisotopic (exact) mass is 288 g/mol. The first-order valence-electron chi connectivity index (χ1n) is 6.06. The summed E-state index contributed by atoms with van der Waals surface area (Å²) in [7, 11) is 1.44. The van der Waals surface area contributed by atoms with Gasteiger partial charge in [-0.2, -0.15) is 5.10 Å². The molecule has 2 rings (SSSR count). The van der Waals surface area contributed by atoms with Crippen LogP contribution in [0.5, 0.6) is 11.5 Å². The number of ether oxygens (including phenoxy) is 1. The molecule has 0 aliphatic carbocycles. The van der Waals surface area contributed by atoms with E-state index in [0.717, 1.165) is 0 Å². The summed E-state index contributed by atoms with van der Waals surface area (Å²) in [6.07, 6.45) is 1.33. The largest absolute Gasteiger partial charge is 0.504 e. The lowest BCUT2D eigenvalue weighted by Gasteiger charge is -2.03. The zero-order valence-electron chi connectivity index (χ0n) is 11.2. The van der Waals surface area contributed by atoms with E-state index in [4.69, 9.17) is 4.74 Å². The van der Waals surface area contributed by atoms with Gasteiger partial charge in [0.05, 0.1) is 18.9 Å². The second kappa shape index (κ2) is 6.51. The number of nitrogens with one attached hydrogen (secondary N) is 1. The molecule has 0 bridgehead atoms. The quantitative estimate of drug-likeness (QED) is 0.670. The molecular weight excluding hydrogens is 275 g/mol. The van der Waals surface area contributed by atoms with Crippen LogP contribution >= 0.6 is 0 Å². The highest BCUT2D eigenvalue weighted by molar-refractivity contribution is 5.95. The number of phenols is 1. The van der Waals surface area contributed by atoms with Crippen LogP contribution in [0.25, 0.3) is 0 Å². The number of hydrogen-bond donors (Lipinski definition) is 2. The average molecular weight is 288 g/mol. The van der Waals surface area contributed by atoms with Crippen molar-refractivity contribution in [1.82, 2.24) is 5.43 Å². The molecule has 0 unspecified atom stereocenters. The van der Waals surface area contributed by atoms with Gasteiger partial charge in [0.1, 0.15) is 5.82 Å². The third kappa shape index (κ3) is 3.56. The van der Waals surface area contributed by atoms with Crippen molar-refractivity contribution < 1.29 is 19.0 Å². The predicted molar refractivity (Wildman–Crippen MR) is 76.1 cm³/mol.